The largest absolute Gasteiger partial charge is 0.497 e. The van der Waals surface area contributed by atoms with Crippen LogP contribution in [0.3, 0.4) is 0 Å². The normalized spacial score (nSPS) is 16.4. The first-order valence-corrected chi connectivity index (χ1v) is 13.1. The van der Waals surface area contributed by atoms with Crippen LogP contribution in [0, 0.1) is 5.41 Å². The number of rotatable bonds is 7. The van der Waals surface area contributed by atoms with Gasteiger partial charge in [-0.2, -0.15) is 4.68 Å². The van der Waals surface area contributed by atoms with Crippen molar-refractivity contribution in [1.29, 1.82) is 0 Å². The monoisotopic (exact) mass is 525 g/mol. The molecule has 0 saturated heterocycles. The van der Waals surface area contributed by atoms with Crippen molar-refractivity contribution in [3.63, 3.8) is 0 Å². The van der Waals surface area contributed by atoms with Gasteiger partial charge in [-0.05, 0) is 88.7 Å². The molecule has 0 aliphatic heterocycles. The van der Waals surface area contributed by atoms with Gasteiger partial charge in [0, 0.05) is 22.0 Å². The van der Waals surface area contributed by atoms with Crippen LogP contribution in [0.5, 0.6) is 5.75 Å². The number of tetrazole rings is 1. The number of hydrogen-bond donors (Lipinski definition) is 0. The molecule has 2 aromatic carbocycles. The molecule has 0 amide bonds. The van der Waals surface area contributed by atoms with Crippen molar-refractivity contribution in [2.24, 2.45) is 10.4 Å². The summed E-state index contributed by atoms with van der Waals surface area (Å²) in [5.41, 5.74) is 2.36. The fourth-order valence-electron chi connectivity index (χ4n) is 4.63. The lowest BCUT2D eigenvalue weighted by Crippen LogP contribution is -2.31. The number of benzene rings is 2. The average molecular weight is 527 g/mol. The molecule has 1 saturated carbocycles. The molecule has 0 radical (unpaired) electrons. The second-order valence-corrected chi connectivity index (χ2v) is 11.4. The quantitative estimate of drug-likeness (QED) is 0.296. The van der Waals surface area contributed by atoms with E-state index < -0.39 is 5.54 Å². The maximum Gasteiger partial charge on any atom is 0.183 e. The molecular weight excluding hydrogens is 493 g/mol. The van der Waals surface area contributed by atoms with Crippen LogP contribution in [0.25, 0.3) is 11.8 Å². The van der Waals surface area contributed by atoms with Gasteiger partial charge in [0.2, 0.25) is 0 Å². The van der Waals surface area contributed by atoms with Gasteiger partial charge < -0.3 is 4.74 Å². The predicted octanol–water partition coefficient (Wildman–Crippen LogP) is 7.70. The van der Waals surface area contributed by atoms with E-state index in [0.29, 0.717) is 10.0 Å². The predicted molar refractivity (Wildman–Crippen MR) is 148 cm³/mol. The van der Waals surface area contributed by atoms with Crippen molar-refractivity contribution in [1.82, 2.24) is 20.2 Å². The van der Waals surface area contributed by atoms with E-state index in [2.05, 4.69) is 42.4 Å². The molecule has 4 rings (SSSR count). The summed E-state index contributed by atoms with van der Waals surface area (Å²) < 4.78 is 7.17. The van der Waals surface area contributed by atoms with Gasteiger partial charge in [0.15, 0.2) is 5.82 Å². The van der Waals surface area contributed by atoms with Gasteiger partial charge in [-0.15, -0.1) is 5.10 Å². The second kappa shape index (κ2) is 11.1. The topological polar surface area (TPSA) is 65.2 Å². The minimum absolute atomic E-state index is 0.0000453. The minimum atomic E-state index is -0.498. The van der Waals surface area contributed by atoms with Crippen LogP contribution in [0.4, 0.5) is 0 Å². The van der Waals surface area contributed by atoms with Gasteiger partial charge in [0.05, 0.1) is 7.11 Å². The Hall–Kier alpha value is -2.70. The maximum atomic E-state index is 6.54. The zero-order valence-corrected chi connectivity index (χ0v) is 22.9. The molecular formula is C28H33Cl2N5O. The number of allylic oxidation sites excluding steroid dienone is 1. The molecule has 0 spiro atoms. The maximum absolute atomic E-state index is 6.54. The third kappa shape index (κ3) is 6.34. The van der Waals surface area contributed by atoms with Crippen LogP contribution in [-0.2, 0) is 5.54 Å². The Morgan fingerprint density at radius 3 is 2.44 bits per heavy atom. The van der Waals surface area contributed by atoms with Crippen LogP contribution in [-0.4, -0.2) is 33.5 Å². The summed E-state index contributed by atoms with van der Waals surface area (Å²) in [6, 6.07) is 13.4. The van der Waals surface area contributed by atoms with Crippen molar-refractivity contribution in [3.05, 3.63) is 69.5 Å². The molecule has 1 heterocycles. The van der Waals surface area contributed by atoms with Crippen LogP contribution in [0.1, 0.15) is 76.2 Å². The Labute approximate surface area is 223 Å². The Bertz CT molecular complexity index is 1240. The number of halogens is 2. The summed E-state index contributed by atoms with van der Waals surface area (Å²) in [5, 5.41) is 14.3. The fourth-order valence-corrected chi connectivity index (χ4v) is 5.10. The van der Waals surface area contributed by atoms with E-state index in [-0.39, 0.29) is 5.41 Å². The lowest BCUT2D eigenvalue weighted by atomic mass is 9.81. The van der Waals surface area contributed by atoms with Crippen LogP contribution in [0.15, 0.2) is 47.5 Å². The van der Waals surface area contributed by atoms with Crippen LogP contribution >= 0.6 is 23.2 Å². The van der Waals surface area contributed by atoms with E-state index in [0.717, 1.165) is 60.5 Å². The number of aromatic nitrogens is 4. The summed E-state index contributed by atoms with van der Waals surface area (Å²) in [6.07, 6.45) is 9.88. The highest BCUT2D eigenvalue weighted by Gasteiger charge is 2.39. The molecule has 1 aromatic heterocycles. The Morgan fingerprint density at radius 2 is 1.81 bits per heavy atom. The van der Waals surface area contributed by atoms with Crippen molar-refractivity contribution in [2.75, 3.05) is 7.11 Å². The third-order valence-corrected chi connectivity index (χ3v) is 6.97. The average Bonchev–Trinajstić information content (AvgIpc) is 3.35. The van der Waals surface area contributed by atoms with Crippen LogP contribution < -0.4 is 4.74 Å². The molecule has 1 aliphatic rings. The Kier molecular flexibility index (Phi) is 8.16. The first kappa shape index (κ1) is 26.4. The summed E-state index contributed by atoms with van der Waals surface area (Å²) in [6.45, 7) is 6.60. The zero-order chi connectivity index (χ0) is 25.8. The van der Waals surface area contributed by atoms with Gasteiger partial charge in [0.1, 0.15) is 11.3 Å². The molecule has 0 unspecified atom stereocenters. The van der Waals surface area contributed by atoms with Crippen molar-refractivity contribution in [2.45, 2.75) is 64.8 Å². The molecule has 0 bridgehead atoms. The van der Waals surface area contributed by atoms with E-state index in [1.165, 1.54) is 6.42 Å². The zero-order valence-electron chi connectivity index (χ0n) is 21.3. The van der Waals surface area contributed by atoms with Crippen molar-refractivity contribution in [3.8, 4) is 5.75 Å². The molecule has 6 nitrogen and oxygen atoms in total. The van der Waals surface area contributed by atoms with Crippen LogP contribution in [0.2, 0.25) is 10.0 Å². The summed E-state index contributed by atoms with van der Waals surface area (Å²) in [7, 11) is 1.67. The van der Waals surface area contributed by atoms with Gasteiger partial charge in [-0.1, -0.05) is 69.3 Å². The molecule has 0 N–H and O–H groups in total. The van der Waals surface area contributed by atoms with E-state index >= 15 is 0 Å². The van der Waals surface area contributed by atoms with Crippen molar-refractivity contribution >= 4 is 41.2 Å². The summed E-state index contributed by atoms with van der Waals surface area (Å²) in [5.74, 6) is 1.59. The van der Waals surface area contributed by atoms with Gasteiger partial charge in [0.25, 0.3) is 0 Å². The van der Waals surface area contributed by atoms with E-state index in [9.17, 15) is 0 Å². The molecule has 36 heavy (non-hydrogen) atoms. The van der Waals surface area contributed by atoms with Gasteiger partial charge in [-0.25, -0.2) is 0 Å². The summed E-state index contributed by atoms with van der Waals surface area (Å²) >= 11 is 12.7. The Morgan fingerprint density at radius 1 is 1.08 bits per heavy atom. The fraction of sp³-hybridized carbons (Fsp3) is 0.429. The molecule has 0 atom stereocenters. The molecule has 8 heteroatoms. The smallest absolute Gasteiger partial charge is 0.183 e. The van der Waals surface area contributed by atoms with E-state index in [1.54, 1.807) is 13.2 Å². The highest BCUT2D eigenvalue weighted by atomic mass is 35.5. The Balaban J connectivity index is 1.78. The highest BCUT2D eigenvalue weighted by molar-refractivity contribution is 6.35. The first-order chi connectivity index (χ1) is 17.2. The van der Waals surface area contributed by atoms with Crippen molar-refractivity contribution < 1.29 is 4.74 Å². The SMILES string of the molecule is COc1ccc(C=NC2(c3nnnn3/C(=C\c3ccc(Cl)cc3Cl)CC(C)(C)C)CCCCC2)cc1. The molecule has 1 fully saturated rings. The lowest BCUT2D eigenvalue weighted by molar-refractivity contribution is 0.285. The number of aliphatic imine (C=N–C) groups is 1. The number of hydrogen-bond acceptors (Lipinski definition) is 5. The summed E-state index contributed by atoms with van der Waals surface area (Å²) in [4.78, 5) is 5.16. The lowest BCUT2D eigenvalue weighted by Gasteiger charge is -2.33. The second-order valence-electron chi connectivity index (χ2n) is 10.6. The molecule has 1 aliphatic carbocycles. The van der Waals surface area contributed by atoms with Gasteiger partial charge >= 0.3 is 0 Å². The van der Waals surface area contributed by atoms with E-state index in [4.69, 9.17) is 32.9 Å². The molecule has 3 aromatic rings. The minimum Gasteiger partial charge on any atom is -0.497 e. The highest BCUT2D eigenvalue weighted by Crippen LogP contribution is 2.41. The number of nitrogens with zero attached hydrogens (tertiary/aromatic N) is 5. The number of ether oxygens (including phenoxy) is 1. The third-order valence-electron chi connectivity index (χ3n) is 6.41. The number of methoxy groups -OCH3 is 1. The molecule has 190 valence electrons. The standard InChI is InChI=1S/C28H33Cl2N5O/c1-27(2,3)18-23(16-21-10-11-22(29)17-25(21)30)35-26(32-33-34-35)28(14-6-5-7-15-28)31-19-20-8-12-24(36-4)13-9-20/h8-13,16-17,19H,5-7,14-15,18H2,1-4H3/b23-16-,31-19?. The first-order valence-electron chi connectivity index (χ1n) is 12.3. The van der Waals surface area contributed by atoms with E-state index in [1.807, 2.05) is 47.3 Å². The van der Waals surface area contributed by atoms with Gasteiger partial charge in [-0.3, -0.25) is 4.99 Å².